The Labute approximate surface area is 397 Å². The van der Waals surface area contributed by atoms with E-state index < -0.39 is 11.7 Å². The summed E-state index contributed by atoms with van der Waals surface area (Å²) in [6.07, 6.45) is 2.26. The van der Waals surface area contributed by atoms with E-state index in [1.165, 1.54) is 61.2 Å². The number of aromatic nitrogens is 3. The van der Waals surface area contributed by atoms with Crippen molar-refractivity contribution in [1.29, 1.82) is 0 Å². The Morgan fingerprint density at radius 2 is 1.25 bits per heavy atom. The number of imidazole rings is 1. The van der Waals surface area contributed by atoms with Crippen molar-refractivity contribution in [3.63, 3.8) is 0 Å². The van der Waals surface area contributed by atoms with E-state index in [4.69, 9.17) is 6.11 Å². The minimum absolute atomic E-state index is 0.0287. The van der Waals surface area contributed by atoms with E-state index in [1.807, 2.05) is 13.8 Å². The van der Waals surface area contributed by atoms with Crippen molar-refractivity contribution in [2.75, 3.05) is 0 Å². The van der Waals surface area contributed by atoms with Gasteiger partial charge in [0, 0.05) is 30.2 Å². The molecule has 3 aliphatic rings. The molecule has 12 rings (SSSR count). The zero-order chi connectivity index (χ0) is 47.4. The number of ether oxygens (including phenoxy) is 1. The second-order valence-electron chi connectivity index (χ2n) is 21.7. The van der Waals surface area contributed by atoms with Gasteiger partial charge in [-0.1, -0.05) is 146 Å². The molecular formula is C63H59N3O+2. The van der Waals surface area contributed by atoms with Crippen molar-refractivity contribution in [2.45, 2.75) is 98.7 Å². The molecule has 1 unspecified atom stereocenters. The first-order valence-electron chi connectivity index (χ1n) is 24.4. The maximum Gasteiger partial charge on any atom is 0.499 e. The fraction of sp³-hybridized carbons (Fsp3) is 0.238. The first kappa shape index (κ1) is 40.3. The predicted octanol–water partition coefficient (Wildman–Crippen LogP) is 15.1. The molecule has 3 aliphatic heterocycles. The molecule has 67 heavy (non-hydrogen) atoms. The van der Waals surface area contributed by atoms with Crippen molar-refractivity contribution in [2.24, 2.45) is 0 Å². The Balaban J connectivity index is 1.23. The lowest BCUT2D eigenvalue weighted by atomic mass is 9.80. The molecule has 4 heteroatoms. The number of nitrogens with zero attached hydrogens (tertiary/aromatic N) is 3. The quantitative estimate of drug-likeness (QED) is 0.158. The Morgan fingerprint density at radius 1 is 0.567 bits per heavy atom. The fourth-order valence-corrected chi connectivity index (χ4v) is 11.3. The molecule has 0 saturated carbocycles. The van der Waals surface area contributed by atoms with E-state index in [1.54, 1.807) is 0 Å². The van der Waals surface area contributed by atoms with Gasteiger partial charge in [-0.3, -0.25) is 0 Å². The lowest BCUT2D eigenvalue weighted by Gasteiger charge is -2.33. The summed E-state index contributed by atoms with van der Waals surface area (Å²) >= 11 is 0. The predicted molar refractivity (Wildman–Crippen MR) is 275 cm³/mol. The van der Waals surface area contributed by atoms with Gasteiger partial charge in [0.25, 0.3) is 0 Å². The average Bonchev–Trinajstić information content (AvgIpc) is 3.80. The van der Waals surface area contributed by atoms with Crippen LogP contribution in [-0.2, 0) is 16.7 Å². The van der Waals surface area contributed by atoms with Crippen LogP contribution in [0.2, 0.25) is 0 Å². The maximum atomic E-state index is 8.69. The standard InChI is InChI=1S/C63H59N3O/c1-37(2)41-20-22-42(23-21-41)45-28-29-64-55(33-45)52-35-47(62(9,10)11)34-51-48-18-15-19-54-58(48)66-60(53-31-38(3)30-40(5)59(53)67-63(64,66)57(51)52)65(54)56-36-49(43-16-13-12-14-17-43)39(4)32-50(56)44-24-26-46(27-25-44)61(6,7)8/h12-37H,1-11H3/q+2/i37D. The molecule has 1 atom stereocenters. The SMILES string of the molecule is [2H]C(C)(C)c1ccc(-c2cc[n+]3c(c2)-c2cc(C(C)(C)C)cc4c2C32Oc3c(C)cc(C)cc3-c3n(-c5cc(-c6ccccc6)c(C)cc5-c5ccc(C(C)(C)C)cc5)c5cccc-4c5[n+]32)cc1. The maximum absolute atomic E-state index is 8.69. The molecule has 0 fully saturated rings. The molecule has 330 valence electrons. The van der Waals surface area contributed by atoms with Crippen LogP contribution in [0.25, 0.3) is 83.9 Å². The van der Waals surface area contributed by atoms with Gasteiger partial charge < -0.3 is 4.74 Å². The largest absolute Gasteiger partial charge is 0.499 e. The van der Waals surface area contributed by atoms with Gasteiger partial charge in [0.15, 0.2) is 23.0 Å². The van der Waals surface area contributed by atoms with E-state index in [0.717, 1.165) is 67.4 Å². The number of fused-ring (bicyclic) bond motifs is 5. The van der Waals surface area contributed by atoms with E-state index in [0.29, 0.717) is 0 Å². The third kappa shape index (κ3) is 5.97. The highest BCUT2D eigenvalue weighted by molar-refractivity contribution is 5.99. The van der Waals surface area contributed by atoms with Crippen LogP contribution in [0.5, 0.6) is 5.75 Å². The topological polar surface area (TPSA) is 21.9 Å². The second kappa shape index (κ2) is 14.2. The third-order valence-electron chi connectivity index (χ3n) is 14.8. The molecule has 2 aromatic heterocycles. The van der Waals surface area contributed by atoms with Crippen LogP contribution in [0.15, 0.2) is 152 Å². The number of benzene rings is 7. The second-order valence-corrected chi connectivity index (χ2v) is 21.7. The molecule has 0 aliphatic carbocycles. The van der Waals surface area contributed by atoms with Gasteiger partial charge in [0.1, 0.15) is 16.8 Å². The summed E-state index contributed by atoms with van der Waals surface area (Å²) in [6, 6.07) is 54.5. The summed E-state index contributed by atoms with van der Waals surface area (Å²) in [5.74, 6) is 0.216. The van der Waals surface area contributed by atoms with Crippen LogP contribution in [0.4, 0.5) is 0 Å². The van der Waals surface area contributed by atoms with Crippen molar-refractivity contribution in [3.05, 3.63) is 191 Å². The first-order chi connectivity index (χ1) is 32.3. The lowest BCUT2D eigenvalue weighted by molar-refractivity contribution is -0.997. The average molecular weight is 875 g/mol. The zero-order valence-corrected chi connectivity index (χ0v) is 40.7. The summed E-state index contributed by atoms with van der Waals surface area (Å²) in [6.45, 7) is 24.4. The molecular weight excluding hydrogens is 815 g/mol. The smallest absolute Gasteiger partial charge is 0.392 e. The minimum atomic E-state index is -1.09. The molecule has 0 bridgehead atoms. The Kier molecular flexibility index (Phi) is 8.55. The van der Waals surface area contributed by atoms with Crippen molar-refractivity contribution in [1.82, 2.24) is 4.57 Å². The zero-order valence-electron chi connectivity index (χ0n) is 41.7. The molecule has 5 heterocycles. The van der Waals surface area contributed by atoms with Gasteiger partial charge >= 0.3 is 11.7 Å². The highest BCUT2D eigenvalue weighted by Gasteiger charge is 2.69. The van der Waals surface area contributed by atoms with Gasteiger partial charge in [-0.25, -0.2) is 0 Å². The van der Waals surface area contributed by atoms with Gasteiger partial charge in [-0.05, 0) is 141 Å². The summed E-state index contributed by atoms with van der Waals surface area (Å²) in [7, 11) is 0. The highest BCUT2D eigenvalue weighted by atomic mass is 16.5. The summed E-state index contributed by atoms with van der Waals surface area (Å²) < 4.78 is 24.2. The molecule has 4 nitrogen and oxygen atoms in total. The number of pyridine rings is 1. The van der Waals surface area contributed by atoms with Gasteiger partial charge in [-0.15, -0.1) is 9.13 Å². The summed E-state index contributed by atoms with van der Waals surface area (Å²) in [5, 5.41) is 0. The minimum Gasteiger partial charge on any atom is -0.392 e. The molecule has 0 radical (unpaired) electrons. The van der Waals surface area contributed by atoms with Gasteiger partial charge in [0.2, 0.25) is 5.69 Å². The lowest BCUT2D eigenvalue weighted by Crippen LogP contribution is -2.78. The monoisotopic (exact) mass is 874 g/mol. The Morgan fingerprint density at radius 3 is 1.96 bits per heavy atom. The van der Waals surface area contributed by atoms with Crippen molar-refractivity contribution < 1.29 is 15.2 Å². The number of aryl methyl sites for hydroxylation is 3. The summed E-state index contributed by atoms with van der Waals surface area (Å²) in [4.78, 5) is 0. The van der Waals surface area contributed by atoms with Crippen LogP contribution in [-0.4, -0.2) is 4.57 Å². The van der Waals surface area contributed by atoms with E-state index in [9.17, 15) is 0 Å². The molecule has 7 aromatic carbocycles. The number of para-hydroxylation sites is 1. The van der Waals surface area contributed by atoms with Crippen LogP contribution >= 0.6 is 0 Å². The van der Waals surface area contributed by atoms with E-state index in [2.05, 4.69) is 228 Å². The van der Waals surface area contributed by atoms with Crippen molar-refractivity contribution >= 4 is 11.0 Å². The first-order valence-corrected chi connectivity index (χ1v) is 23.9. The van der Waals surface area contributed by atoms with Crippen LogP contribution in [0, 0.1) is 20.8 Å². The van der Waals surface area contributed by atoms with Gasteiger partial charge in [-0.2, -0.15) is 4.57 Å². The Hall–Kier alpha value is -7.04. The normalized spacial score (nSPS) is 15.8. The van der Waals surface area contributed by atoms with Crippen LogP contribution < -0.4 is 13.9 Å². The van der Waals surface area contributed by atoms with Gasteiger partial charge in [0.05, 0.1) is 5.56 Å². The number of rotatable bonds is 5. The molecule has 0 saturated heterocycles. The molecule has 9 aromatic rings. The number of hydrogen-bond acceptors (Lipinski definition) is 1. The molecule has 0 amide bonds. The van der Waals surface area contributed by atoms with Crippen molar-refractivity contribution in [3.8, 4) is 78.6 Å². The van der Waals surface area contributed by atoms with Crippen LogP contribution in [0.1, 0.15) is 102 Å². The van der Waals surface area contributed by atoms with Crippen LogP contribution in [0.3, 0.4) is 0 Å². The summed E-state index contributed by atoms with van der Waals surface area (Å²) in [5.41, 5.74) is 24.3. The fourth-order valence-electron chi connectivity index (χ4n) is 11.3. The van der Waals surface area contributed by atoms with E-state index >= 15 is 0 Å². The molecule has 1 spiro atoms. The molecule has 0 N–H and O–H groups in total. The Bertz CT molecular complexity index is 3600. The number of hydrogen-bond donors (Lipinski definition) is 0. The highest BCUT2D eigenvalue weighted by Crippen LogP contribution is 2.55. The van der Waals surface area contributed by atoms with E-state index in [-0.39, 0.29) is 10.8 Å². The third-order valence-corrected chi connectivity index (χ3v) is 14.8.